The van der Waals surface area contributed by atoms with Crippen molar-refractivity contribution in [3.8, 4) is 22.5 Å². The summed E-state index contributed by atoms with van der Waals surface area (Å²) in [6.07, 6.45) is 3.14. The molecule has 7 heteroatoms. The Kier molecular flexibility index (Phi) is 5.21. The Morgan fingerprint density at radius 3 is 2.47 bits per heavy atom. The molecule has 0 aliphatic heterocycles. The normalized spacial score (nSPS) is 11.0. The first-order chi connectivity index (χ1) is 15.7. The van der Waals surface area contributed by atoms with Gasteiger partial charge in [-0.2, -0.15) is 0 Å². The van der Waals surface area contributed by atoms with Gasteiger partial charge in [0.25, 0.3) is 0 Å². The fourth-order valence-electron chi connectivity index (χ4n) is 3.97. The molecule has 0 aliphatic carbocycles. The van der Waals surface area contributed by atoms with E-state index in [0.717, 1.165) is 33.5 Å². The Hall–Kier alpha value is -4.26. The lowest BCUT2D eigenvalue weighted by atomic mass is 9.99. The number of rotatable bonds is 6. The Balaban J connectivity index is 1.30. The first-order valence-corrected chi connectivity index (χ1v) is 10.5. The highest BCUT2D eigenvalue weighted by atomic mass is 16.2. The molecule has 0 saturated carbocycles. The van der Waals surface area contributed by atoms with E-state index in [1.807, 2.05) is 80.0 Å². The molecule has 0 saturated heterocycles. The highest BCUT2D eigenvalue weighted by molar-refractivity contribution is 5.94. The second-order valence-electron chi connectivity index (χ2n) is 7.65. The standard InChI is InChI=1S/C25H22N6O/c1-31(24(32)15-12-18-16-26-23-9-5-4-7-21(18)23)19-13-10-17(11-14-19)20-6-2-3-8-22(20)25-27-29-30-28-25/h2-11,13-14,16,26H,12,15H2,1H3,(H,27,28,29,30). The highest BCUT2D eigenvalue weighted by Crippen LogP contribution is 2.31. The van der Waals surface area contributed by atoms with Gasteiger partial charge in [0.1, 0.15) is 0 Å². The zero-order valence-corrected chi connectivity index (χ0v) is 17.6. The molecule has 5 aromatic rings. The van der Waals surface area contributed by atoms with Crippen LogP contribution in [0.2, 0.25) is 0 Å². The van der Waals surface area contributed by atoms with E-state index in [2.05, 4.69) is 31.7 Å². The van der Waals surface area contributed by atoms with Crippen LogP contribution in [0, 0.1) is 0 Å². The van der Waals surface area contributed by atoms with Crippen molar-refractivity contribution in [1.29, 1.82) is 0 Å². The molecular weight excluding hydrogens is 400 g/mol. The molecule has 0 spiro atoms. The summed E-state index contributed by atoms with van der Waals surface area (Å²) in [4.78, 5) is 17.8. The predicted molar refractivity (Wildman–Crippen MR) is 125 cm³/mol. The summed E-state index contributed by atoms with van der Waals surface area (Å²) in [6, 6.07) is 24.1. The Morgan fingerprint density at radius 1 is 0.938 bits per heavy atom. The topological polar surface area (TPSA) is 90.6 Å². The van der Waals surface area contributed by atoms with E-state index in [4.69, 9.17) is 0 Å². The molecule has 5 rings (SSSR count). The van der Waals surface area contributed by atoms with Crippen molar-refractivity contribution in [2.75, 3.05) is 11.9 Å². The van der Waals surface area contributed by atoms with Crippen molar-refractivity contribution in [3.63, 3.8) is 0 Å². The fraction of sp³-hybridized carbons (Fsp3) is 0.120. The number of hydrogen-bond acceptors (Lipinski definition) is 4. The maximum absolute atomic E-state index is 12.8. The number of carbonyl (C=O) groups is 1. The van der Waals surface area contributed by atoms with Crippen LogP contribution in [0.1, 0.15) is 12.0 Å². The van der Waals surface area contributed by atoms with Crippen molar-refractivity contribution in [3.05, 3.63) is 84.6 Å². The van der Waals surface area contributed by atoms with Crippen molar-refractivity contribution < 1.29 is 4.79 Å². The van der Waals surface area contributed by atoms with Gasteiger partial charge in [-0.3, -0.25) is 4.79 Å². The zero-order chi connectivity index (χ0) is 21.9. The number of nitrogens with one attached hydrogen (secondary N) is 2. The van der Waals surface area contributed by atoms with E-state index >= 15 is 0 Å². The maximum Gasteiger partial charge on any atom is 0.227 e. The maximum atomic E-state index is 12.8. The number of para-hydroxylation sites is 1. The van der Waals surface area contributed by atoms with Gasteiger partial charge >= 0.3 is 0 Å². The monoisotopic (exact) mass is 422 g/mol. The third kappa shape index (κ3) is 3.76. The van der Waals surface area contributed by atoms with Crippen molar-refractivity contribution in [2.24, 2.45) is 0 Å². The average molecular weight is 422 g/mol. The number of anilines is 1. The molecular formula is C25H22N6O. The zero-order valence-electron chi connectivity index (χ0n) is 17.6. The number of aryl methyl sites for hydroxylation is 1. The van der Waals surface area contributed by atoms with Gasteiger partial charge < -0.3 is 9.88 Å². The number of H-pyrrole nitrogens is 2. The summed E-state index contributed by atoms with van der Waals surface area (Å²) in [5.74, 6) is 0.699. The van der Waals surface area contributed by atoms with Crippen LogP contribution in [0.5, 0.6) is 0 Å². The SMILES string of the molecule is CN(C(=O)CCc1c[nH]c2ccccc12)c1ccc(-c2ccccc2-c2nnn[nH]2)cc1. The van der Waals surface area contributed by atoms with Gasteiger partial charge in [-0.05, 0) is 51.7 Å². The molecule has 2 N–H and O–H groups in total. The van der Waals surface area contributed by atoms with E-state index in [1.54, 1.807) is 4.90 Å². The van der Waals surface area contributed by atoms with Crippen LogP contribution in [-0.4, -0.2) is 38.6 Å². The summed E-state index contributed by atoms with van der Waals surface area (Å²) in [5, 5.41) is 15.4. The van der Waals surface area contributed by atoms with E-state index < -0.39 is 0 Å². The lowest BCUT2D eigenvalue weighted by molar-refractivity contribution is -0.118. The number of aromatic amines is 2. The lowest BCUT2D eigenvalue weighted by Gasteiger charge is -2.18. The quantitative estimate of drug-likeness (QED) is 0.418. The van der Waals surface area contributed by atoms with Gasteiger partial charge in [0.2, 0.25) is 5.91 Å². The number of nitrogens with zero attached hydrogens (tertiary/aromatic N) is 4. The van der Waals surface area contributed by atoms with Crippen LogP contribution < -0.4 is 4.90 Å². The van der Waals surface area contributed by atoms with E-state index in [0.29, 0.717) is 18.7 Å². The van der Waals surface area contributed by atoms with E-state index in [1.165, 1.54) is 5.39 Å². The third-order valence-electron chi connectivity index (χ3n) is 5.75. The molecule has 158 valence electrons. The second-order valence-corrected chi connectivity index (χ2v) is 7.65. The summed E-state index contributed by atoms with van der Waals surface area (Å²) in [5.41, 5.74) is 6.09. The van der Waals surface area contributed by atoms with E-state index in [9.17, 15) is 4.79 Å². The highest BCUT2D eigenvalue weighted by Gasteiger charge is 2.14. The Labute approximate surface area is 185 Å². The molecule has 0 atom stereocenters. The van der Waals surface area contributed by atoms with Crippen LogP contribution >= 0.6 is 0 Å². The minimum absolute atomic E-state index is 0.0798. The van der Waals surface area contributed by atoms with Gasteiger partial charge in [0, 0.05) is 41.8 Å². The summed E-state index contributed by atoms with van der Waals surface area (Å²) in [7, 11) is 1.82. The minimum atomic E-state index is 0.0798. The number of carbonyl (C=O) groups excluding carboxylic acids is 1. The lowest BCUT2D eigenvalue weighted by Crippen LogP contribution is -2.26. The largest absolute Gasteiger partial charge is 0.361 e. The van der Waals surface area contributed by atoms with Crippen molar-refractivity contribution >= 4 is 22.5 Å². The number of tetrazole rings is 1. The van der Waals surface area contributed by atoms with Crippen molar-refractivity contribution in [2.45, 2.75) is 12.8 Å². The number of amides is 1. The Morgan fingerprint density at radius 2 is 1.69 bits per heavy atom. The first-order valence-electron chi connectivity index (χ1n) is 10.5. The summed E-state index contributed by atoms with van der Waals surface area (Å²) in [6.45, 7) is 0. The molecule has 0 radical (unpaired) electrons. The molecule has 7 nitrogen and oxygen atoms in total. The Bertz CT molecular complexity index is 1360. The molecule has 3 aromatic carbocycles. The first kappa shape index (κ1) is 19.7. The fourth-order valence-corrected chi connectivity index (χ4v) is 3.97. The van der Waals surface area contributed by atoms with Crippen LogP contribution in [0.15, 0.2) is 79.0 Å². The average Bonchev–Trinajstić information content (AvgIpc) is 3.53. The summed E-state index contributed by atoms with van der Waals surface area (Å²) >= 11 is 0. The minimum Gasteiger partial charge on any atom is -0.361 e. The van der Waals surface area contributed by atoms with Crippen LogP contribution in [0.4, 0.5) is 5.69 Å². The predicted octanol–water partition coefficient (Wildman–Crippen LogP) is 4.61. The molecule has 0 aliphatic rings. The number of aromatic nitrogens is 5. The smallest absolute Gasteiger partial charge is 0.227 e. The summed E-state index contributed by atoms with van der Waals surface area (Å²) < 4.78 is 0. The molecule has 0 unspecified atom stereocenters. The molecule has 1 amide bonds. The molecule has 0 fully saturated rings. The van der Waals surface area contributed by atoms with Crippen LogP contribution in [0.3, 0.4) is 0 Å². The molecule has 32 heavy (non-hydrogen) atoms. The molecule has 2 heterocycles. The van der Waals surface area contributed by atoms with Gasteiger partial charge in [-0.15, -0.1) is 5.10 Å². The molecule has 2 aromatic heterocycles. The van der Waals surface area contributed by atoms with Crippen LogP contribution in [0.25, 0.3) is 33.4 Å². The second kappa shape index (κ2) is 8.47. The van der Waals surface area contributed by atoms with Gasteiger partial charge in [-0.25, -0.2) is 5.10 Å². The third-order valence-corrected chi connectivity index (χ3v) is 5.75. The van der Waals surface area contributed by atoms with Crippen molar-refractivity contribution in [1.82, 2.24) is 25.6 Å². The number of hydrogen-bond donors (Lipinski definition) is 2. The number of fused-ring (bicyclic) bond motifs is 1. The number of benzene rings is 3. The van der Waals surface area contributed by atoms with Gasteiger partial charge in [0.05, 0.1) is 0 Å². The van der Waals surface area contributed by atoms with E-state index in [-0.39, 0.29) is 5.91 Å². The van der Waals surface area contributed by atoms with Gasteiger partial charge in [0.15, 0.2) is 5.82 Å². The molecule has 0 bridgehead atoms. The van der Waals surface area contributed by atoms with Crippen LogP contribution in [-0.2, 0) is 11.2 Å². The van der Waals surface area contributed by atoms with Gasteiger partial charge in [-0.1, -0.05) is 54.6 Å².